The molecule has 1 N–H and O–H groups in total. The van der Waals surface area contributed by atoms with E-state index in [0.29, 0.717) is 10.4 Å². The molecule has 0 aliphatic rings. The summed E-state index contributed by atoms with van der Waals surface area (Å²) in [7, 11) is 0. The van der Waals surface area contributed by atoms with Crippen molar-refractivity contribution in [2.24, 2.45) is 0 Å². The molecule has 0 unspecified atom stereocenters. The van der Waals surface area contributed by atoms with Crippen LogP contribution in [0, 0.1) is 0 Å². The quantitative estimate of drug-likeness (QED) is 0.389. The Labute approximate surface area is 173 Å². The maximum absolute atomic E-state index is 12.4. The summed E-state index contributed by atoms with van der Waals surface area (Å²) >= 11 is 1.43. The Morgan fingerprint density at radius 3 is 1.86 bits per heavy atom. The number of Topliss-reactive ketones (excluding diaryl/α,β-unsaturated/α-hetero) is 1. The first-order chi connectivity index (χ1) is 14.1. The molecule has 142 valence electrons. The maximum atomic E-state index is 12.4. The van der Waals surface area contributed by atoms with E-state index < -0.39 is 0 Å². The molecule has 0 spiro atoms. The Bertz CT molecular complexity index is 1140. The Kier molecular flexibility index (Phi) is 5.36. The van der Waals surface area contributed by atoms with Crippen LogP contribution in [-0.2, 0) is 0 Å². The third kappa shape index (κ3) is 4.33. The van der Waals surface area contributed by atoms with E-state index in [0.717, 1.165) is 27.9 Å². The van der Waals surface area contributed by atoms with Crippen LogP contribution in [0.2, 0.25) is 0 Å². The summed E-state index contributed by atoms with van der Waals surface area (Å²) < 4.78 is 0. The van der Waals surface area contributed by atoms with E-state index in [2.05, 4.69) is 29.6 Å². The number of rotatable bonds is 5. The van der Waals surface area contributed by atoms with Crippen LogP contribution in [0.4, 0.5) is 5.69 Å². The van der Waals surface area contributed by atoms with E-state index in [1.165, 1.54) is 11.3 Å². The highest BCUT2D eigenvalue weighted by Crippen LogP contribution is 2.29. The molecule has 3 nitrogen and oxygen atoms in total. The molecule has 4 rings (SSSR count). The second-order valence-corrected chi connectivity index (χ2v) is 7.64. The second kappa shape index (κ2) is 8.25. The molecule has 29 heavy (non-hydrogen) atoms. The lowest BCUT2D eigenvalue weighted by atomic mass is 10.00. The van der Waals surface area contributed by atoms with Gasteiger partial charge in [0.15, 0.2) is 5.78 Å². The predicted octanol–water partition coefficient (Wildman–Crippen LogP) is 6.54. The van der Waals surface area contributed by atoms with Gasteiger partial charge < -0.3 is 5.32 Å². The minimum Gasteiger partial charge on any atom is -0.321 e. The van der Waals surface area contributed by atoms with Crippen molar-refractivity contribution in [2.75, 3.05) is 5.32 Å². The van der Waals surface area contributed by atoms with E-state index in [1.807, 2.05) is 66.0 Å². The van der Waals surface area contributed by atoms with Crippen molar-refractivity contribution in [2.45, 2.75) is 6.92 Å². The van der Waals surface area contributed by atoms with Crippen LogP contribution in [0.5, 0.6) is 0 Å². The highest BCUT2D eigenvalue weighted by Gasteiger charge is 2.11. The number of benzene rings is 3. The van der Waals surface area contributed by atoms with Crippen LogP contribution in [-0.4, -0.2) is 11.7 Å². The van der Waals surface area contributed by atoms with Crippen molar-refractivity contribution in [3.05, 3.63) is 101 Å². The number of thiophene rings is 1. The van der Waals surface area contributed by atoms with Gasteiger partial charge >= 0.3 is 0 Å². The number of carbonyl (C=O) groups is 2. The smallest absolute Gasteiger partial charge is 0.265 e. The van der Waals surface area contributed by atoms with E-state index in [4.69, 9.17) is 0 Å². The van der Waals surface area contributed by atoms with Crippen molar-refractivity contribution in [1.29, 1.82) is 0 Å². The van der Waals surface area contributed by atoms with Crippen molar-refractivity contribution in [3.8, 4) is 22.3 Å². The molecule has 0 radical (unpaired) electrons. The Morgan fingerprint density at radius 2 is 1.28 bits per heavy atom. The molecule has 0 bridgehead atoms. The molecule has 0 saturated heterocycles. The van der Waals surface area contributed by atoms with Gasteiger partial charge in [0.25, 0.3) is 5.91 Å². The van der Waals surface area contributed by atoms with Gasteiger partial charge in [0, 0.05) is 11.3 Å². The molecule has 0 aliphatic carbocycles. The van der Waals surface area contributed by atoms with E-state index in [-0.39, 0.29) is 11.7 Å². The first-order valence-electron chi connectivity index (χ1n) is 9.27. The van der Waals surface area contributed by atoms with Crippen LogP contribution in [0.25, 0.3) is 22.3 Å². The molecule has 0 saturated carbocycles. The minimum atomic E-state index is -0.102. The third-order valence-corrected chi connectivity index (χ3v) is 5.63. The topological polar surface area (TPSA) is 46.2 Å². The standard InChI is InChI=1S/C25H19NO2S/c1-17(27)18-7-9-19(10-8-18)20-11-13-21(14-12-20)22-15-24(29-16-22)25(28)26-23-5-3-2-4-6-23/h2-16H,1H3,(H,26,28). The number of para-hydroxylation sites is 1. The molecule has 3 aromatic carbocycles. The Morgan fingerprint density at radius 1 is 0.724 bits per heavy atom. The lowest BCUT2D eigenvalue weighted by molar-refractivity contribution is 0.101. The number of hydrogen-bond acceptors (Lipinski definition) is 3. The van der Waals surface area contributed by atoms with Gasteiger partial charge in [0.05, 0.1) is 4.88 Å². The normalized spacial score (nSPS) is 10.5. The largest absolute Gasteiger partial charge is 0.321 e. The number of ketones is 1. The van der Waals surface area contributed by atoms with Gasteiger partial charge in [-0.1, -0.05) is 66.7 Å². The number of anilines is 1. The highest BCUT2D eigenvalue weighted by molar-refractivity contribution is 7.12. The van der Waals surface area contributed by atoms with E-state index in [9.17, 15) is 9.59 Å². The average molecular weight is 397 g/mol. The third-order valence-electron chi connectivity index (χ3n) is 4.70. The summed E-state index contributed by atoms with van der Waals surface area (Å²) in [5.41, 5.74) is 5.73. The summed E-state index contributed by atoms with van der Waals surface area (Å²) in [5.74, 6) is -0.0360. The fourth-order valence-corrected chi connectivity index (χ4v) is 3.88. The average Bonchev–Trinajstić information content (AvgIpc) is 3.25. The fraction of sp³-hybridized carbons (Fsp3) is 0.0400. The Balaban J connectivity index is 1.49. The highest BCUT2D eigenvalue weighted by atomic mass is 32.1. The fourth-order valence-electron chi connectivity index (χ4n) is 3.07. The van der Waals surface area contributed by atoms with Crippen LogP contribution < -0.4 is 5.32 Å². The van der Waals surface area contributed by atoms with Gasteiger partial charge in [-0.2, -0.15) is 0 Å². The molecule has 0 fully saturated rings. The van der Waals surface area contributed by atoms with Crippen molar-refractivity contribution >= 4 is 28.7 Å². The van der Waals surface area contributed by atoms with Gasteiger partial charge in [-0.15, -0.1) is 11.3 Å². The summed E-state index contributed by atoms with van der Waals surface area (Å²) in [4.78, 5) is 24.5. The van der Waals surface area contributed by atoms with E-state index >= 15 is 0 Å². The predicted molar refractivity (Wildman–Crippen MR) is 120 cm³/mol. The molecular weight excluding hydrogens is 378 g/mol. The molecule has 1 amide bonds. The molecule has 4 aromatic rings. The summed E-state index contributed by atoms with van der Waals surface area (Å²) in [6.45, 7) is 1.57. The number of nitrogens with one attached hydrogen (secondary N) is 1. The van der Waals surface area contributed by atoms with Gasteiger partial charge in [0.1, 0.15) is 0 Å². The zero-order chi connectivity index (χ0) is 20.2. The number of carbonyl (C=O) groups excluding carboxylic acids is 2. The molecule has 0 atom stereocenters. The van der Waals surface area contributed by atoms with E-state index in [1.54, 1.807) is 6.92 Å². The lowest BCUT2D eigenvalue weighted by Gasteiger charge is -2.05. The first-order valence-corrected chi connectivity index (χ1v) is 10.1. The van der Waals surface area contributed by atoms with Crippen LogP contribution in [0.3, 0.4) is 0 Å². The molecular formula is C25H19NO2S. The maximum Gasteiger partial charge on any atom is 0.265 e. The van der Waals surface area contributed by atoms with Crippen LogP contribution in [0.1, 0.15) is 27.0 Å². The number of hydrogen-bond donors (Lipinski definition) is 1. The SMILES string of the molecule is CC(=O)c1ccc(-c2ccc(-c3csc(C(=O)Nc4ccccc4)c3)cc2)cc1. The number of amides is 1. The first kappa shape index (κ1) is 18.8. The van der Waals surface area contributed by atoms with Crippen molar-refractivity contribution in [3.63, 3.8) is 0 Å². The monoisotopic (exact) mass is 397 g/mol. The summed E-state index contributed by atoms with van der Waals surface area (Å²) in [6, 6.07) is 27.2. The van der Waals surface area contributed by atoms with Gasteiger partial charge in [-0.3, -0.25) is 9.59 Å². The second-order valence-electron chi connectivity index (χ2n) is 6.73. The Hall–Kier alpha value is -3.50. The molecule has 1 aromatic heterocycles. The minimum absolute atomic E-state index is 0.0662. The summed E-state index contributed by atoms with van der Waals surface area (Å²) in [6.07, 6.45) is 0. The zero-order valence-electron chi connectivity index (χ0n) is 15.9. The van der Waals surface area contributed by atoms with Crippen molar-refractivity contribution < 1.29 is 9.59 Å². The zero-order valence-corrected chi connectivity index (χ0v) is 16.7. The van der Waals surface area contributed by atoms with Gasteiger partial charge in [-0.05, 0) is 52.8 Å². The lowest BCUT2D eigenvalue weighted by Crippen LogP contribution is -2.09. The summed E-state index contributed by atoms with van der Waals surface area (Å²) in [5, 5.41) is 4.91. The molecule has 0 aliphatic heterocycles. The molecule has 4 heteroatoms. The van der Waals surface area contributed by atoms with Gasteiger partial charge in [-0.25, -0.2) is 0 Å². The van der Waals surface area contributed by atoms with Gasteiger partial charge in [0.2, 0.25) is 0 Å². The van der Waals surface area contributed by atoms with Crippen LogP contribution in [0.15, 0.2) is 90.3 Å². The molecule has 1 heterocycles. The van der Waals surface area contributed by atoms with Crippen molar-refractivity contribution in [1.82, 2.24) is 0 Å². The van der Waals surface area contributed by atoms with Crippen LogP contribution >= 0.6 is 11.3 Å².